The fourth-order valence-corrected chi connectivity index (χ4v) is 5.47. The number of terminal acetylenes is 1. The van der Waals surface area contributed by atoms with E-state index in [1.54, 1.807) is 7.11 Å². The van der Waals surface area contributed by atoms with Crippen molar-refractivity contribution in [2.24, 2.45) is 16.6 Å². The number of nitrogens with two attached hydrogens (primary N) is 1. The number of rotatable bonds is 7. The van der Waals surface area contributed by atoms with E-state index in [4.69, 9.17) is 21.6 Å². The molecule has 0 spiro atoms. The predicted octanol–water partition coefficient (Wildman–Crippen LogP) is 1.96. The van der Waals surface area contributed by atoms with Gasteiger partial charge >= 0.3 is 0 Å². The maximum Gasteiger partial charge on any atom is 0.275 e. The van der Waals surface area contributed by atoms with Gasteiger partial charge in [-0.2, -0.15) is 4.39 Å². The smallest absolute Gasteiger partial charge is 0.275 e. The summed E-state index contributed by atoms with van der Waals surface area (Å²) in [6, 6.07) is 1.53. The van der Waals surface area contributed by atoms with Gasteiger partial charge in [-0.05, 0) is 19.4 Å². The first-order valence-electron chi connectivity index (χ1n) is 9.70. The summed E-state index contributed by atoms with van der Waals surface area (Å²) in [5.41, 5.74) is 5.75. The second kappa shape index (κ2) is 8.37. The first-order chi connectivity index (χ1) is 15.3. The van der Waals surface area contributed by atoms with Crippen molar-refractivity contribution >= 4 is 28.5 Å². The van der Waals surface area contributed by atoms with E-state index in [2.05, 4.69) is 31.2 Å². The fraction of sp³-hybridized carbons (Fsp3) is 0.381. The lowest BCUT2D eigenvalue weighted by Crippen LogP contribution is -2.38. The SMILES string of the molecule is C#CCOc1cnc(C(=O)Nc2cnc(F)c([C@]3(C)N=C(N)S[C@@]4(COC)C[C@H]43)c2)cn1. The molecule has 0 aromatic carbocycles. The number of nitrogens with one attached hydrogen (secondary N) is 1. The standard InChI is InChI=1S/C21H21FN6O3S/c1-4-5-31-16-10-24-14(9-25-16)18(29)27-12-6-13(17(22)26-8-12)20(2)15-7-21(15,11-30-3)32-19(23)28-20/h1,6,8-10,15H,5,7,11H2,2-3H3,(H2,23,28)(H,27,29)/t15-,20-,21+/m0/s1. The average molecular weight is 457 g/mol. The van der Waals surface area contributed by atoms with Gasteiger partial charge in [-0.15, -0.1) is 6.42 Å². The van der Waals surface area contributed by atoms with E-state index in [0.717, 1.165) is 6.42 Å². The van der Waals surface area contributed by atoms with Crippen LogP contribution in [0.5, 0.6) is 5.88 Å². The Labute approximate surface area is 188 Å². The molecule has 0 radical (unpaired) electrons. The number of hydrogen-bond acceptors (Lipinski definition) is 9. The highest BCUT2D eigenvalue weighted by molar-refractivity contribution is 8.15. The van der Waals surface area contributed by atoms with Crippen LogP contribution in [0, 0.1) is 24.2 Å². The topological polar surface area (TPSA) is 125 Å². The van der Waals surface area contributed by atoms with E-state index in [9.17, 15) is 9.18 Å². The molecule has 1 aliphatic heterocycles. The molecule has 1 saturated carbocycles. The van der Waals surface area contributed by atoms with Crippen LogP contribution in [0.1, 0.15) is 29.4 Å². The molecule has 3 heterocycles. The van der Waals surface area contributed by atoms with Crippen molar-refractivity contribution in [3.05, 3.63) is 41.9 Å². The predicted molar refractivity (Wildman–Crippen MR) is 118 cm³/mol. The number of anilines is 1. The van der Waals surface area contributed by atoms with Crippen molar-refractivity contribution in [2.45, 2.75) is 23.6 Å². The number of aromatic nitrogens is 3. The van der Waals surface area contributed by atoms with Crippen molar-refractivity contribution in [3.8, 4) is 18.2 Å². The summed E-state index contributed by atoms with van der Waals surface area (Å²) in [4.78, 5) is 29.0. The zero-order valence-electron chi connectivity index (χ0n) is 17.5. The zero-order chi connectivity index (χ0) is 22.9. The molecule has 166 valence electrons. The highest BCUT2D eigenvalue weighted by Gasteiger charge is 2.66. The Morgan fingerprint density at radius 1 is 1.41 bits per heavy atom. The third-order valence-electron chi connectivity index (χ3n) is 5.55. The molecule has 1 amide bonds. The van der Waals surface area contributed by atoms with Gasteiger partial charge in [-0.25, -0.2) is 15.0 Å². The number of amidine groups is 1. The third-order valence-corrected chi connectivity index (χ3v) is 6.82. The number of hydrogen-bond donors (Lipinski definition) is 2. The summed E-state index contributed by atoms with van der Waals surface area (Å²) >= 11 is 1.46. The molecule has 2 aromatic rings. The van der Waals surface area contributed by atoms with Crippen LogP contribution in [0.15, 0.2) is 29.6 Å². The van der Waals surface area contributed by atoms with Crippen LogP contribution in [0.3, 0.4) is 0 Å². The number of pyridine rings is 1. The van der Waals surface area contributed by atoms with Crippen LogP contribution in [0.2, 0.25) is 0 Å². The summed E-state index contributed by atoms with van der Waals surface area (Å²) in [6.45, 7) is 2.36. The van der Waals surface area contributed by atoms with E-state index in [1.165, 1.54) is 36.4 Å². The lowest BCUT2D eigenvalue weighted by molar-refractivity contribution is 0.102. The first-order valence-corrected chi connectivity index (χ1v) is 10.5. The van der Waals surface area contributed by atoms with Crippen LogP contribution in [-0.4, -0.2) is 51.1 Å². The van der Waals surface area contributed by atoms with Gasteiger partial charge in [0.2, 0.25) is 11.8 Å². The van der Waals surface area contributed by atoms with Gasteiger partial charge < -0.3 is 20.5 Å². The van der Waals surface area contributed by atoms with E-state index in [0.29, 0.717) is 17.5 Å². The number of carbonyl (C=O) groups is 1. The molecule has 3 N–H and O–H groups in total. The van der Waals surface area contributed by atoms with Gasteiger partial charge in [0.15, 0.2) is 11.8 Å². The number of halogens is 1. The number of amides is 1. The highest BCUT2D eigenvalue weighted by Crippen LogP contribution is 2.65. The van der Waals surface area contributed by atoms with Crippen LogP contribution < -0.4 is 15.8 Å². The van der Waals surface area contributed by atoms with Gasteiger partial charge in [0.25, 0.3) is 5.91 Å². The minimum Gasteiger partial charge on any atom is -0.463 e. The summed E-state index contributed by atoms with van der Waals surface area (Å²) < 4.78 is 25.1. The molecule has 4 rings (SSSR count). The molecule has 2 aliphatic rings. The van der Waals surface area contributed by atoms with Crippen molar-refractivity contribution in [3.63, 3.8) is 0 Å². The number of methoxy groups -OCH3 is 1. The monoisotopic (exact) mass is 456 g/mol. The minimum absolute atomic E-state index is 0.0240. The molecule has 0 unspecified atom stereocenters. The molecule has 2 aromatic heterocycles. The maximum atomic E-state index is 14.8. The van der Waals surface area contributed by atoms with E-state index < -0.39 is 17.4 Å². The fourth-order valence-electron chi connectivity index (χ4n) is 4.02. The molecule has 32 heavy (non-hydrogen) atoms. The Bertz CT molecular complexity index is 1120. The molecular weight excluding hydrogens is 435 g/mol. The second-order valence-electron chi connectivity index (χ2n) is 7.70. The molecule has 3 atom stereocenters. The van der Waals surface area contributed by atoms with E-state index in [1.807, 2.05) is 6.92 Å². The van der Waals surface area contributed by atoms with Crippen LogP contribution in [0.4, 0.5) is 10.1 Å². The lowest BCUT2D eigenvalue weighted by atomic mass is 9.86. The Morgan fingerprint density at radius 3 is 2.91 bits per heavy atom. The number of aliphatic imine (C=N–C) groups is 1. The maximum absolute atomic E-state index is 14.8. The number of ether oxygens (including phenoxy) is 2. The van der Waals surface area contributed by atoms with Crippen LogP contribution >= 0.6 is 11.8 Å². The van der Waals surface area contributed by atoms with Crippen molar-refractivity contribution < 1.29 is 18.7 Å². The van der Waals surface area contributed by atoms with E-state index in [-0.39, 0.29) is 34.4 Å². The lowest BCUT2D eigenvalue weighted by Gasteiger charge is -2.33. The largest absolute Gasteiger partial charge is 0.463 e. The summed E-state index contributed by atoms with van der Waals surface area (Å²) in [7, 11) is 1.62. The summed E-state index contributed by atoms with van der Waals surface area (Å²) in [5.74, 6) is 1.34. The molecule has 0 saturated heterocycles. The van der Waals surface area contributed by atoms with E-state index >= 15 is 0 Å². The van der Waals surface area contributed by atoms with Gasteiger partial charge in [-0.1, -0.05) is 17.7 Å². The van der Waals surface area contributed by atoms with Crippen molar-refractivity contribution in [1.82, 2.24) is 15.0 Å². The normalized spacial score (nSPS) is 25.8. The van der Waals surface area contributed by atoms with Gasteiger partial charge in [-0.3, -0.25) is 9.79 Å². The molecule has 0 bridgehead atoms. The Kier molecular flexibility index (Phi) is 5.75. The highest BCUT2D eigenvalue weighted by atomic mass is 32.2. The van der Waals surface area contributed by atoms with Gasteiger partial charge in [0.05, 0.1) is 41.2 Å². The van der Waals surface area contributed by atoms with Crippen LogP contribution in [0.25, 0.3) is 0 Å². The molecule has 1 fully saturated rings. The van der Waals surface area contributed by atoms with Crippen LogP contribution in [-0.2, 0) is 10.3 Å². The summed E-state index contributed by atoms with van der Waals surface area (Å²) in [6.07, 6.45) is 9.69. The average Bonchev–Trinajstić information content (AvgIpc) is 3.49. The van der Waals surface area contributed by atoms with Crippen molar-refractivity contribution in [1.29, 1.82) is 0 Å². The number of carbonyl (C=O) groups excluding carboxylic acids is 1. The quantitative estimate of drug-likeness (QED) is 0.479. The van der Waals surface area contributed by atoms with Gasteiger partial charge in [0, 0.05) is 18.6 Å². The molecular formula is C21H21FN6O3S. The Morgan fingerprint density at radius 2 is 2.22 bits per heavy atom. The Balaban J connectivity index is 1.56. The number of thioether (sulfide) groups is 1. The van der Waals surface area contributed by atoms with Gasteiger partial charge in [0.1, 0.15) is 5.69 Å². The minimum atomic E-state index is -0.929. The van der Waals surface area contributed by atoms with Crippen molar-refractivity contribution in [2.75, 3.05) is 25.6 Å². The third kappa shape index (κ3) is 3.99. The summed E-state index contributed by atoms with van der Waals surface area (Å²) in [5, 5.41) is 3.04. The molecule has 9 nitrogen and oxygen atoms in total. The zero-order valence-corrected chi connectivity index (χ0v) is 18.3. The molecule has 11 heteroatoms. The number of nitrogens with zero attached hydrogens (tertiary/aromatic N) is 4. The molecule has 1 aliphatic carbocycles. The second-order valence-corrected chi connectivity index (χ2v) is 9.14. The first kappa shape index (κ1) is 22.0. The number of fused-ring (bicyclic) bond motifs is 1. The Hall–Kier alpha value is -3.23.